The van der Waals surface area contributed by atoms with Crippen LogP contribution in [0.2, 0.25) is 0 Å². The Hall–Kier alpha value is -1.31. The number of carbonyl (C=O) groups is 1. The normalized spacial score (nSPS) is 23.7. The standard InChI is InChI=1S/C13H16O2/c1-3-4-9-13(2)11-8-6-5-7-10(11)12(14)15-13/h5-8H,3-4,9H2,1-2H3. The molecule has 1 aliphatic heterocycles. The molecule has 80 valence electrons. The first-order valence-corrected chi connectivity index (χ1v) is 5.50. The molecule has 0 spiro atoms. The highest BCUT2D eigenvalue weighted by Gasteiger charge is 2.40. The minimum absolute atomic E-state index is 0.177. The Morgan fingerprint density at radius 3 is 2.80 bits per heavy atom. The first-order chi connectivity index (χ1) is 7.17. The van der Waals surface area contributed by atoms with Crippen molar-refractivity contribution < 1.29 is 9.53 Å². The maximum absolute atomic E-state index is 11.6. The zero-order chi connectivity index (χ0) is 10.9. The lowest BCUT2D eigenvalue weighted by molar-refractivity contribution is -0.00398. The number of fused-ring (bicyclic) bond motifs is 1. The van der Waals surface area contributed by atoms with Gasteiger partial charge < -0.3 is 4.74 Å². The third kappa shape index (κ3) is 1.65. The molecule has 1 aromatic rings. The zero-order valence-corrected chi connectivity index (χ0v) is 9.25. The Morgan fingerprint density at radius 2 is 2.07 bits per heavy atom. The summed E-state index contributed by atoms with van der Waals surface area (Å²) < 4.78 is 5.48. The topological polar surface area (TPSA) is 26.3 Å². The molecule has 0 amide bonds. The molecule has 0 aromatic heterocycles. The molecule has 2 rings (SSSR count). The lowest BCUT2D eigenvalue weighted by Gasteiger charge is -2.23. The summed E-state index contributed by atoms with van der Waals surface area (Å²) in [6.45, 7) is 4.15. The van der Waals surface area contributed by atoms with Gasteiger partial charge in [0.25, 0.3) is 0 Å². The fourth-order valence-corrected chi connectivity index (χ4v) is 2.14. The fourth-order valence-electron chi connectivity index (χ4n) is 2.14. The highest BCUT2D eigenvalue weighted by molar-refractivity contribution is 5.94. The molecular formula is C13H16O2. The average Bonchev–Trinajstić information content (AvgIpc) is 2.50. The van der Waals surface area contributed by atoms with Crippen molar-refractivity contribution in [3.05, 3.63) is 35.4 Å². The number of hydrogen-bond donors (Lipinski definition) is 0. The Labute approximate surface area is 90.3 Å². The summed E-state index contributed by atoms with van der Waals surface area (Å²) >= 11 is 0. The van der Waals surface area contributed by atoms with E-state index in [2.05, 4.69) is 6.92 Å². The van der Waals surface area contributed by atoms with Crippen LogP contribution >= 0.6 is 0 Å². The van der Waals surface area contributed by atoms with Gasteiger partial charge in [-0.05, 0) is 25.8 Å². The Balaban J connectivity index is 2.34. The number of ether oxygens (including phenoxy) is 1. The van der Waals surface area contributed by atoms with Crippen molar-refractivity contribution in [2.45, 2.75) is 38.7 Å². The molecule has 0 aliphatic carbocycles. The van der Waals surface area contributed by atoms with E-state index in [-0.39, 0.29) is 5.97 Å². The minimum atomic E-state index is -0.399. The second-order valence-corrected chi connectivity index (χ2v) is 4.27. The van der Waals surface area contributed by atoms with Crippen LogP contribution in [0, 0.1) is 0 Å². The maximum atomic E-state index is 11.6. The smallest absolute Gasteiger partial charge is 0.339 e. The number of cyclic esters (lactones) is 1. The Bertz CT molecular complexity index is 384. The van der Waals surface area contributed by atoms with Crippen molar-refractivity contribution in [2.75, 3.05) is 0 Å². The van der Waals surface area contributed by atoms with Gasteiger partial charge in [0.05, 0.1) is 5.56 Å². The van der Waals surface area contributed by atoms with Gasteiger partial charge in [-0.15, -0.1) is 0 Å². The van der Waals surface area contributed by atoms with E-state index in [9.17, 15) is 4.79 Å². The average molecular weight is 204 g/mol. The molecule has 1 atom stereocenters. The largest absolute Gasteiger partial charge is 0.451 e. The van der Waals surface area contributed by atoms with E-state index in [0.717, 1.165) is 30.4 Å². The predicted octanol–water partition coefficient (Wildman–Crippen LogP) is 3.26. The predicted molar refractivity (Wildman–Crippen MR) is 58.7 cm³/mol. The van der Waals surface area contributed by atoms with Crippen LogP contribution in [-0.2, 0) is 10.3 Å². The van der Waals surface area contributed by atoms with Gasteiger partial charge in [0.1, 0.15) is 5.60 Å². The van der Waals surface area contributed by atoms with Crippen LogP contribution in [0.1, 0.15) is 49.0 Å². The molecule has 1 heterocycles. The molecule has 2 nitrogen and oxygen atoms in total. The number of unbranched alkanes of at least 4 members (excludes halogenated alkanes) is 1. The fraction of sp³-hybridized carbons (Fsp3) is 0.462. The lowest BCUT2D eigenvalue weighted by Crippen LogP contribution is -2.21. The van der Waals surface area contributed by atoms with Crippen LogP contribution in [0.5, 0.6) is 0 Å². The molecule has 0 saturated carbocycles. The Morgan fingerprint density at radius 1 is 1.33 bits per heavy atom. The molecule has 0 bridgehead atoms. The number of carbonyl (C=O) groups excluding carboxylic acids is 1. The monoisotopic (exact) mass is 204 g/mol. The number of rotatable bonds is 3. The molecule has 0 radical (unpaired) electrons. The molecule has 0 N–H and O–H groups in total. The first-order valence-electron chi connectivity index (χ1n) is 5.50. The molecule has 1 aliphatic rings. The van der Waals surface area contributed by atoms with Gasteiger partial charge in [0.15, 0.2) is 0 Å². The summed E-state index contributed by atoms with van der Waals surface area (Å²) in [7, 11) is 0. The number of esters is 1. The van der Waals surface area contributed by atoms with Gasteiger partial charge in [-0.2, -0.15) is 0 Å². The van der Waals surface area contributed by atoms with Gasteiger partial charge in [0, 0.05) is 5.56 Å². The van der Waals surface area contributed by atoms with Crippen molar-refractivity contribution >= 4 is 5.97 Å². The summed E-state index contributed by atoms with van der Waals surface area (Å²) in [6.07, 6.45) is 3.11. The van der Waals surface area contributed by atoms with Crippen molar-refractivity contribution in [3.8, 4) is 0 Å². The lowest BCUT2D eigenvalue weighted by atomic mass is 9.89. The van der Waals surface area contributed by atoms with Crippen molar-refractivity contribution in [2.24, 2.45) is 0 Å². The summed E-state index contributed by atoms with van der Waals surface area (Å²) in [6, 6.07) is 7.68. The molecule has 1 aromatic carbocycles. The van der Waals surface area contributed by atoms with E-state index in [1.165, 1.54) is 0 Å². The minimum Gasteiger partial charge on any atom is -0.451 e. The zero-order valence-electron chi connectivity index (χ0n) is 9.25. The molecular weight excluding hydrogens is 188 g/mol. The van der Waals surface area contributed by atoms with E-state index < -0.39 is 5.60 Å². The van der Waals surface area contributed by atoms with E-state index in [1.54, 1.807) is 0 Å². The van der Waals surface area contributed by atoms with Crippen molar-refractivity contribution in [1.82, 2.24) is 0 Å². The second kappa shape index (κ2) is 3.69. The van der Waals surface area contributed by atoms with Gasteiger partial charge in [-0.1, -0.05) is 31.5 Å². The van der Waals surface area contributed by atoms with Gasteiger partial charge in [-0.3, -0.25) is 0 Å². The quantitative estimate of drug-likeness (QED) is 0.706. The van der Waals surface area contributed by atoms with Gasteiger partial charge in [0.2, 0.25) is 0 Å². The summed E-state index contributed by atoms with van der Waals surface area (Å²) in [4.78, 5) is 11.6. The van der Waals surface area contributed by atoms with Crippen LogP contribution in [0.25, 0.3) is 0 Å². The van der Waals surface area contributed by atoms with Gasteiger partial charge >= 0.3 is 5.97 Å². The summed E-state index contributed by atoms with van der Waals surface area (Å²) in [5.41, 5.74) is 1.38. The van der Waals surface area contributed by atoms with Crippen LogP contribution in [0.15, 0.2) is 24.3 Å². The van der Waals surface area contributed by atoms with E-state index in [0.29, 0.717) is 0 Å². The molecule has 0 fully saturated rings. The number of hydrogen-bond acceptors (Lipinski definition) is 2. The van der Waals surface area contributed by atoms with Crippen LogP contribution in [-0.4, -0.2) is 5.97 Å². The Kier molecular flexibility index (Phi) is 2.51. The summed E-state index contributed by atoms with van der Waals surface area (Å²) in [5, 5.41) is 0. The third-order valence-corrected chi connectivity index (χ3v) is 3.04. The van der Waals surface area contributed by atoms with Gasteiger partial charge in [-0.25, -0.2) is 4.79 Å². The number of benzene rings is 1. The van der Waals surface area contributed by atoms with Crippen molar-refractivity contribution in [1.29, 1.82) is 0 Å². The highest BCUT2D eigenvalue weighted by Crippen LogP contribution is 2.39. The van der Waals surface area contributed by atoms with E-state index in [1.807, 2.05) is 31.2 Å². The first kappa shape index (κ1) is 10.2. The van der Waals surface area contributed by atoms with E-state index in [4.69, 9.17) is 4.74 Å². The molecule has 2 heteroatoms. The summed E-state index contributed by atoms with van der Waals surface area (Å²) in [5.74, 6) is -0.177. The van der Waals surface area contributed by atoms with Crippen LogP contribution < -0.4 is 0 Å². The van der Waals surface area contributed by atoms with E-state index >= 15 is 0 Å². The second-order valence-electron chi connectivity index (χ2n) is 4.27. The maximum Gasteiger partial charge on any atom is 0.339 e. The molecule has 15 heavy (non-hydrogen) atoms. The SMILES string of the molecule is CCCCC1(C)OC(=O)c2ccccc21. The van der Waals surface area contributed by atoms with Crippen molar-refractivity contribution in [3.63, 3.8) is 0 Å². The third-order valence-electron chi connectivity index (χ3n) is 3.04. The molecule has 0 saturated heterocycles. The van der Waals surface area contributed by atoms with Crippen LogP contribution in [0.3, 0.4) is 0 Å². The highest BCUT2D eigenvalue weighted by atomic mass is 16.6. The molecule has 1 unspecified atom stereocenters. The van der Waals surface area contributed by atoms with Crippen LogP contribution in [0.4, 0.5) is 0 Å².